The Balaban J connectivity index is 0. The Labute approximate surface area is 142 Å². The maximum Gasteiger partial charge on any atom is 0.303 e. The minimum absolute atomic E-state index is 0. The largest absolute Gasteiger partial charge is 0.450 e. The first kappa shape index (κ1) is 24.1. The van der Waals surface area contributed by atoms with E-state index in [0.29, 0.717) is 13.5 Å². The van der Waals surface area contributed by atoms with Gasteiger partial charge in [0.2, 0.25) is 0 Å². The average molecular weight is 332 g/mol. The van der Waals surface area contributed by atoms with E-state index in [1.807, 2.05) is 0 Å². The summed E-state index contributed by atoms with van der Waals surface area (Å²) in [4.78, 5) is 25.1. The van der Waals surface area contributed by atoms with E-state index in [2.05, 4.69) is 9.80 Å². The molecule has 0 bridgehead atoms. The number of hydrogen-bond donors (Lipinski definition) is 0. The number of esters is 2. The van der Waals surface area contributed by atoms with Crippen LogP contribution < -0.4 is 0 Å². The van der Waals surface area contributed by atoms with Gasteiger partial charge in [0.1, 0.15) is 13.5 Å². The van der Waals surface area contributed by atoms with Crippen molar-refractivity contribution in [2.45, 2.75) is 60.8 Å². The zero-order valence-electron chi connectivity index (χ0n) is 13.3. The summed E-state index contributed by atoms with van der Waals surface area (Å²) in [6.07, 6.45) is 6.27. The number of carbonyl (C=O) groups excluding carboxylic acids is 2. The molecule has 0 spiro atoms. The zero-order valence-corrected chi connectivity index (χ0v) is 13.3. The number of rotatable bonds is 4. The second-order valence-electron chi connectivity index (χ2n) is 5.53. The van der Waals surface area contributed by atoms with Crippen LogP contribution in [0.2, 0.25) is 0 Å². The van der Waals surface area contributed by atoms with Crippen LogP contribution in [0.4, 0.5) is 0 Å². The first-order valence-electron chi connectivity index (χ1n) is 7.79. The fourth-order valence-electron chi connectivity index (χ4n) is 2.36. The average Bonchev–Trinajstić information content (AvgIpc) is 2.98. The van der Waals surface area contributed by atoms with Crippen LogP contribution in [0.15, 0.2) is 0 Å². The van der Waals surface area contributed by atoms with Crippen molar-refractivity contribution in [1.82, 2.24) is 9.80 Å². The van der Waals surface area contributed by atoms with E-state index in [-0.39, 0.29) is 26.8 Å². The Hall–Kier alpha value is -1.14. The van der Waals surface area contributed by atoms with E-state index in [9.17, 15) is 9.59 Å². The maximum absolute atomic E-state index is 10.4. The van der Waals surface area contributed by atoms with Crippen molar-refractivity contribution in [2.75, 3.05) is 39.6 Å². The third-order valence-corrected chi connectivity index (χ3v) is 3.55. The molecular weight excluding hydrogens is 296 g/mol. The van der Waals surface area contributed by atoms with Gasteiger partial charge in [-0.15, -0.1) is 0 Å². The number of hydrogen-bond acceptors (Lipinski definition) is 6. The Morgan fingerprint density at radius 1 is 0.696 bits per heavy atom. The van der Waals surface area contributed by atoms with Crippen molar-refractivity contribution in [3.8, 4) is 0 Å². The van der Waals surface area contributed by atoms with Gasteiger partial charge in [0.15, 0.2) is 0 Å². The summed E-state index contributed by atoms with van der Waals surface area (Å²) in [6.45, 7) is 8.16. The highest BCUT2D eigenvalue weighted by atomic mass is 16.5. The Kier molecular flexibility index (Phi) is 15.2. The molecule has 2 aliphatic rings. The number of carbonyl (C=O) groups is 2. The van der Waals surface area contributed by atoms with E-state index < -0.39 is 0 Å². The quantitative estimate of drug-likeness (QED) is 0.738. The smallest absolute Gasteiger partial charge is 0.303 e. The fraction of sp³-hybridized carbons (Fsp3) is 0.882. The fourth-order valence-corrected chi connectivity index (χ4v) is 2.36. The molecule has 0 saturated carbocycles. The highest BCUT2D eigenvalue weighted by Crippen LogP contribution is 2.07. The van der Waals surface area contributed by atoms with E-state index in [1.165, 1.54) is 46.0 Å². The highest BCUT2D eigenvalue weighted by molar-refractivity contribution is 5.66. The predicted octanol–water partition coefficient (Wildman–Crippen LogP) is 2.87. The lowest BCUT2D eigenvalue weighted by molar-refractivity contribution is -0.146. The first-order valence-corrected chi connectivity index (χ1v) is 7.79. The van der Waals surface area contributed by atoms with E-state index >= 15 is 0 Å². The second kappa shape index (κ2) is 14.5. The molecule has 0 aromatic carbocycles. The summed E-state index contributed by atoms with van der Waals surface area (Å²) in [6, 6.07) is 0. The highest BCUT2D eigenvalue weighted by Gasteiger charge is 2.11. The van der Waals surface area contributed by atoms with Gasteiger partial charge in [-0.3, -0.25) is 19.4 Å². The molecule has 138 valence electrons. The van der Waals surface area contributed by atoms with Crippen molar-refractivity contribution in [3.63, 3.8) is 0 Å². The minimum atomic E-state index is -0.188. The van der Waals surface area contributed by atoms with Gasteiger partial charge in [-0.05, 0) is 25.7 Å². The van der Waals surface area contributed by atoms with Crippen LogP contribution in [0.5, 0.6) is 0 Å². The van der Waals surface area contributed by atoms with Crippen molar-refractivity contribution in [3.05, 3.63) is 0 Å². The molecule has 2 fully saturated rings. The molecule has 2 rings (SSSR count). The molecule has 0 atom stereocenters. The summed E-state index contributed by atoms with van der Waals surface area (Å²) in [5, 5.41) is 0. The SMILES string of the molecule is C.C.CC(=O)OCN1CCCC1.CC(=O)OCN1CCCCC1. The molecular formula is C17H36N2O4. The van der Waals surface area contributed by atoms with Crippen LogP contribution in [0, 0.1) is 0 Å². The Bertz CT molecular complexity index is 312. The summed E-state index contributed by atoms with van der Waals surface area (Å²) in [7, 11) is 0. The van der Waals surface area contributed by atoms with Gasteiger partial charge in [-0.1, -0.05) is 21.3 Å². The molecule has 6 heteroatoms. The van der Waals surface area contributed by atoms with Crippen LogP contribution in [-0.2, 0) is 19.1 Å². The zero-order chi connectivity index (χ0) is 15.5. The van der Waals surface area contributed by atoms with Crippen molar-refractivity contribution < 1.29 is 19.1 Å². The second-order valence-corrected chi connectivity index (χ2v) is 5.53. The van der Waals surface area contributed by atoms with Gasteiger partial charge in [-0.2, -0.15) is 0 Å². The van der Waals surface area contributed by atoms with Gasteiger partial charge in [-0.25, -0.2) is 0 Å². The summed E-state index contributed by atoms with van der Waals surface area (Å²) >= 11 is 0. The van der Waals surface area contributed by atoms with E-state index in [4.69, 9.17) is 9.47 Å². The van der Waals surface area contributed by atoms with Crippen LogP contribution in [0.1, 0.15) is 60.8 Å². The molecule has 0 unspecified atom stereocenters. The Morgan fingerprint density at radius 2 is 1.00 bits per heavy atom. The van der Waals surface area contributed by atoms with Gasteiger partial charge < -0.3 is 9.47 Å². The molecule has 6 nitrogen and oxygen atoms in total. The van der Waals surface area contributed by atoms with Crippen LogP contribution in [0.3, 0.4) is 0 Å². The van der Waals surface area contributed by atoms with Crippen molar-refractivity contribution in [2.24, 2.45) is 0 Å². The molecule has 0 amide bonds. The van der Waals surface area contributed by atoms with Crippen LogP contribution in [-0.4, -0.2) is 61.4 Å². The van der Waals surface area contributed by atoms with Crippen LogP contribution in [0.25, 0.3) is 0 Å². The summed E-state index contributed by atoms with van der Waals surface area (Å²) < 4.78 is 9.68. The predicted molar refractivity (Wildman–Crippen MR) is 93.0 cm³/mol. The third kappa shape index (κ3) is 13.0. The lowest BCUT2D eigenvalue weighted by Gasteiger charge is -2.25. The Morgan fingerprint density at radius 3 is 1.30 bits per heavy atom. The standard InChI is InChI=1S/C8H15NO2.C7H13NO2.2CH4/c1-8(10)11-7-9-5-3-2-4-6-9;1-7(9)10-6-8-4-2-3-5-8;;/h2-7H2,1H3;2-6H2,1H3;2*1H4. The van der Waals surface area contributed by atoms with E-state index in [1.54, 1.807) is 0 Å². The molecule has 0 aliphatic carbocycles. The monoisotopic (exact) mass is 332 g/mol. The maximum atomic E-state index is 10.4. The van der Waals surface area contributed by atoms with Crippen LogP contribution >= 0.6 is 0 Å². The number of likely N-dealkylation sites (tertiary alicyclic amines) is 2. The molecule has 0 radical (unpaired) electrons. The van der Waals surface area contributed by atoms with Crippen molar-refractivity contribution in [1.29, 1.82) is 0 Å². The first-order chi connectivity index (χ1) is 10.1. The van der Waals surface area contributed by atoms with Crippen molar-refractivity contribution >= 4 is 11.9 Å². The normalized spacial score (nSPS) is 17.8. The molecule has 0 N–H and O–H groups in total. The summed E-state index contributed by atoms with van der Waals surface area (Å²) in [5.74, 6) is -0.373. The van der Waals surface area contributed by atoms with Gasteiger partial charge in [0.25, 0.3) is 0 Å². The molecule has 2 heterocycles. The molecule has 2 aliphatic heterocycles. The van der Waals surface area contributed by atoms with Gasteiger partial charge in [0.05, 0.1) is 0 Å². The summed E-state index contributed by atoms with van der Waals surface area (Å²) in [5.41, 5.74) is 0. The van der Waals surface area contributed by atoms with E-state index in [0.717, 1.165) is 26.2 Å². The topological polar surface area (TPSA) is 59.1 Å². The lowest BCUT2D eigenvalue weighted by atomic mass is 10.1. The molecule has 0 aromatic rings. The number of ether oxygens (including phenoxy) is 2. The van der Waals surface area contributed by atoms with Gasteiger partial charge in [0, 0.05) is 40.0 Å². The molecule has 2 saturated heterocycles. The molecule has 0 aromatic heterocycles. The minimum Gasteiger partial charge on any atom is -0.450 e. The number of piperidine rings is 1. The molecule has 23 heavy (non-hydrogen) atoms. The third-order valence-electron chi connectivity index (χ3n) is 3.55. The lowest BCUT2D eigenvalue weighted by Crippen LogP contribution is -2.32. The number of nitrogens with zero attached hydrogens (tertiary/aromatic N) is 2. The van der Waals surface area contributed by atoms with Gasteiger partial charge >= 0.3 is 11.9 Å².